The Morgan fingerprint density at radius 1 is 1.14 bits per heavy atom. The van der Waals surface area contributed by atoms with Crippen LogP contribution in [0.3, 0.4) is 0 Å². The van der Waals surface area contributed by atoms with E-state index in [4.69, 9.17) is 0 Å². The third-order valence-electron chi connectivity index (χ3n) is 3.70. The summed E-state index contributed by atoms with van der Waals surface area (Å²) in [5.41, 5.74) is 0. The van der Waals surface area contributed by atoms with E-state index in [0.29, 0.717) is 0 Å². The fourth-order valence-electron chi connectivity index (χ4n) is 2.56. The van der Waals surface area contributed by atoms with Crippen LogP contribution in [0.4, 0.5) is 0 Å². The summed E-state index contributed by atoms with van der Waals surface area (Å²) in [5, 5.41) is 1.72. The van der Waals surface area contributed by atoms with Crippen molar-refractivity contribution in [1.29, 1.82) is 0 Å². The van der Waals surface area contributed by atoms with Crippen molar-refractivity contribution in [3.63, 3.8) is 0 Å². The largest absolute Gasteiger partial charge is 0.320 e. The molecule has 0 spiro atoms. The van der Waals surface area contributed by atoms with Crippen LogP contribution >= 0.6 is 0 Å². The highest BCUT2D eigenvalue weighted by Gasteiger charge is 2.33. The summed E-state index contributed by atoms with van der Waals surface area (Å²) in [7, 11) is -1.24. The molecule has 14 heavy (non-hydrogen) atoms. The second-order valence-electron chi connectivity index (χ2n) is 4.93. The zero-order chi connectivity index (χ0) is 10.0. The van der Waals surface area contributed by atoms with E-state index in [1.54, 1.807) is 5.20 Å². The summed E-state index contributed by atoms with van der Waals surface area (Å²) >= 11 is 0. The first-order chi connectivity index (χ1) is 6.71. The van der Waals surface area contributed by atoms with E-state index in [1.165, 1.54) is 38.8 Å². The van der Waals surface area contributed by atoms with Crippen molar-refractivity contribution in [2.24, 2.45) is 0 Å². The van der Waals surface area contributed by atoms with Gasteiger partial charge in [-0.15, -0.1) is 0 Å². The summed E-state index contributed by atoms with van der Waals surface area (Å²) in [5.74, 6) is 0. The van der Waals surface area contributed by atoms with Gasteiger partial charge in [0.15, 0.2) is 0 Å². The van der Waals surface area contributed by atoms with Crippen LogP contribution in [0.15, 0.2) is 23.4 Å². The topological polar surface area (TPSA) is 3.24 Å². The van der Waals surface area contributed by atoms with Crippen LogP contribution in [-0.4, -0.2) is 25.9 Å². The first-order valence-electron chi connectivity index (χ1n) is 5.82. The predicted molar refractivity (Wildman–Crippen MR) is 64.7 cm³/mol. The van der Waals surface area contributed by atoms with Gasteiger partial charge < -0.3 is 4.57 Å². The maximum absolute atomic E-state index is 2.79. The second kappa shape index (κ2) is 4.03. The first kappa shape index (κ1) is 10.2. The van der Waals surface area contributed by atoms with E-state index in [9.17, 15) is 0 Å². The van der Waals surface area contributed by atoms with E-state index in [0.717, 1.165) is 0 Å². The lowest BCUT2D eigenvalue weighted by Crippen LogP contribution is -2.52. The van der Waals surface area contributed by atoms with Gasteiger partial charge in [0.05, 0.1) is 0 Å². The molecule has 0 atom stereocenters. The molecule has 0 aromatic heterocycles. The molecule has 0 aromatic rings. The Morgan fingerprint density at radius 3 is 2.43 bits per heavy atom. The van der Waals surface area contributed by atoms with Gasteiger partial charge in [0.25, 0.3) is 0 Å². The quantitative estimate of drug-likeness (QED) is 0.629. The number of nitrogens with zero attached hydrogens (tertiary/aromatic N) is 1. The molecule has 1 nitrogen and oxygen atoms in total. The minimum absolute atomic E-state index is 1.22. The number of rotatable bonds is 2. The molecule has 1 heterocycles. The Labute approximate surface area is 88.6 Å². The highest BCUT2D eigenvalue weighted by atomic mass is 28.3. The molecule has 0 radical (unpaired) electrons. The third kappa shape index (κ3) is 1.86. The van der Waals surface area contributed by atoms with Crippen LogP contribution in [0.1, 0.15) is 25.7 Å². The van der Waals surface area contributed by atoms with Crippen LogP contribution in [0.2, 0.25) is 13.1 Å². The van der Waals surface area contributed by atoms with E-state index in [-0.39, 0.29) is 0 Å². The van der Waals surface area contributed by atoms with Gasteiger partial charge in [-0.05, 0) is 32.4 Å². The van der Waals surface area contributed by atoms with Crippen LogP contribution in [0.25, 0.3) is 0 Å². The van der Waals surface area contributed by atoms with Crippen molar-refractivity contribution in [3.05, 3.63) is 23.4 Å². The first-order valence-corrected chi connectivity index (χ1v) is 8.77. The van der Waals surface area contributed by atoms with Crippen molar-refractivity contribution >= 4 is 8.24 Å². The lowest BCUT2D eigenvalue weighted by molar-refractivity contribution is 0.346. The maximum atomic E-state index is 2.79. The van der Waals surface area contributed by atoms with Gasteiger partial charge in [-0.1, -0.05) is 42.9 Å². The third-order valence-corrected chi connectivity index (χ3v) is 7.67. The molecule has 1 saturated heterocycles. The molecule has 0 saturated carbocycles. The molecule has 0 unspecified atom stereocenters. The van der Waals surface area contributed by atoms with E-state index in [2.05, 4.69) is 35.9 Å². The smallest absolute Gasteiger partial charge is 0.150 e. The Hall–Kier alpha value is -0.343. The summed E-state index contributed by atoms with van der Waals surface area (Å²) in [6.07, 6.45) is 12.4. The van der Waals surface area contributed by atoms with Gasteiger partial charge in [-0.2, -0.15) is 0 Å². The Balaban J connectivity index is 2.06. The van der Waals surface area contributed by atoms with Crippen LogP contribution in [0, 0.1) is 0 Å². The number of hydrogen-bond acceptors (Lipinski definition) is 1. The Bertz CT molecular complexity index is 259. The molecule has 1 fully saturated rings. The van der Waals surface area contributed by atoms with Gasteiger partial charge in [0.1, 0.15) is 8.24 Å². The average Bonchev–Trinajstić information content (AvgIpc) is 2.72. The van der Waals surface area contributed by atoms with Gasteiger partial charge in [0, 0.05) is 0 Å². The van der Waals surface area contributed by atoms with Gasteiger partial charge in [0.2, 0.25) is 0 Å². The molecule has 78 valence electrons. The Morgan fingerprint density at radius 2 is 1.86 bits per heavy atom. The lowest BCUT2D eigenvalue weighted by Gasteiger charge is -2.40. The minimum Gasteiger partial charge on any atom is -0.320 e. The molecule has 0 aromatic carbocycles. The fraction of sp³-hybridized carbons (Fsp3) is 0.667. The fourth-order valence-corrected chi connectivity index (χ4v) is 5.52. The van der Waals surface area contributed by atoms with E-state index < -0.39 is 8.24 Å². The SMILES string of the molecule is C[Si](C)(C1=CC=CC1)N1CCCCC1. The molecule has 0 N–H and O–H groups in total. The minimum atomic E-state index is -1.24. The maximum Gasteiger partial charge on any atom is 0.150 e. The zero-order valence-electron chi connectivity index (χ0n) is 9.42. The van der Waals surface area contributed by atoms with Crippen molar-refractivity contribution in [1.82, 2.24) is 4.57 Å². The van der Waals surface area contributed by atoms with E-state index >= 15 is 0 Å². The normalized spacial score (nSPS) is 24.0. The van der Waals surface area contributed by atoms with Crippen molar-refractivity contribution in [3.8, 4) is 0 Å². The van der Waals surface area contributed by atoms with Gasteiger partial charge >= 0.3 is 0 Å². The molecular weight excluding hydrogens is 186 g/mol. The van der Waals surface area contributed by atoms with Crippen LogP contribution in [0.5, 0.6) is 0 Å². The summed E-state index contributed by atoms with van der Waals surface area (Å²) < 4.78 is 2.79. The molecule has 2 aliphatic rings. The zero-order valence-corrected chi connectivity index (χ0v) is 10.4. The highest BCUT2D eigenvalue weighted by Crippen LogP contribution is 2.28. The predicted octanol–water partition coefficient (Wildman–Crippen LogP) is 3.10. The Kier molecular flexibility index (Phi) is 2.93. The number of allylic oxidation sites excluding steroid dienone is 4. The lowest BCUT2D eigenvalue weighted by atomic mass is 10.2. The average molecular weight is 207 g/mol. The van der Waals surface area contributed by atoms with Crippen molar-refractivity contribution in [2.75, 3.05) is 13.1 Å². The van der Waals surface area contributed by atoms with Crippen molar-refractivity contribution in [2.45, 2.75) is 38.8 Å². The number of hydrogen-bond donors (Lipinski definition) is 0. The molecule has 0 bridgehead atoms. The molecule has 2 rings (SSSR count). The number of piperidine rings is 1. The molecule has 1 aliphatic heterocycles. The highest BCUT2D eigenvalue weighted by molar-refractivity contribution is 6.81. The standard InChI is InChI=1S/C12H21NSi/c1-14(2,12-8-4-5-9-12)13-10-6-3-7-11-13/h4-5,8H,3,6-7,9-11H2,1-2H3. The second-order valence-corrected chi connectivity index (χ2v) is 9.32. The summed E-state index contributed by atoms with van der Waals surface area (Å²) in [6.45, 7) is 7.71. The van der Waals surface area contributed by atoms with Crippen LogP contribution < -0.4 is 0 Å². The molecular formula is C12H21NSi. The molecule has 2 heteroatoms. The van der Waals surface area contributed by atoms with E-state index in [1.807, 2.05) is 0 Å². The van der Waals surface area contributed by atoms with Crippen molar-refractivity contribution < 1.29 is 0 Å². The summed E-state index contributed by atoms with van der Waals surface area (Å²) in [4.78, 5) is 0. The summed E-state index contributed by atoms with van der Waals surface area (Å²) in [6, 6.07) is 0. The van der Waals surface area contributed by atoms with Gasteiger partial charge in [-0.3, -0.25) is 0 Å². The van der Waals surface area contributed by atoms with Crippen LogP contribution in [-0.2, 0) is 0 Å². The monoisotopic (exact) mass is 207 g/mol. The molecule has 0 amide bonds. The van der Waals surface area contributed by atoms with Gasteiger partial charge in [-0.25, -0.2) is 0 Å². The molecule has 1 aliphatic carbocycles.